The summed E-state index contributed by atoms with van der Waals surface area (Å²) >= 11 is 0. The van der Waals surface area contributed by atoms with Crippen LogP contribution in [0.15, 0.2) is 70.5 Å². The molecule has 0 aliphatic heterocycles. The number of nitriles is 1. The zero-order valence-corrected chi connectivity index (χ0v) is 12.0. The van der Waals surface area contributed by atoms with Crippen LogP contribution in [0.1, 0.15) is 11.3 Å². The summed E-state index contributed by atoms with van der Waals surface area (Å²) < 4.78 is 10.8. The lowest BCUT2D eigenvalue weighted by Crippen LogP contribution is -1.92. The van der Waals surface area contributed by atoms with Crippen molar-refractivity contribution in [1.29, 1.82) is 5.26 Å². The van der Waals surface area contributed by atoms with Crippen molar-refractivity contribution in [3.63, 3.8) is 0 Å². The summed E-state index contributed by atoms with van der Waals surface area (Å²) in [7, 11) is 0. The van der Waals surface area contributed by atoms with Crippen LogP contribution in [0, 0.1) is 11.3 Å². The van der Waals surface area contributed by atoms with E-state index >= 15 is 0 Å². The van der Waals surface area contributed by atoms with Gasteiger partial charge in [-0.2, -0.15) is 10.4 Å². The van der Waals surface area contributed by atoms with Gasteiger partial charge < -0.3 is 9.15 Å². The highest BCUT2D eigenvalue weighted by Gasteiger charge is 2.04. The molecule has 6 heteroatoms. The van der Waals surface area contributed by atoms with Crippen LogP contribution in [0.2, 0.25) is 0 Å². The molecule has 0 aliphatic rings. The zero-order chi connectivity index (χ0) is 15.9. The molecular weight excluding hydrogens is 292 g/mol. The third-order valence-corrected chi connectivity index (χ3v) is 2.89. The van der Waals surface area contributed by atoms with Gasteiger partial charge in [0.2, 0.25) is 5.69 Å². The smallest absolute Gasteiger partial charge is 0.251 e. The van der Waals surface area contributed by atoms with Crippen LogP contribution < -0.4 is 10.2 Å². The first-order chi connectivity index (χ1) is 11.3. The number of aromatic nitrogens is 1. The van der Waals surface area contributed by atoms with Crippen molar-refractivity contribution in [3.05, 3.63) is 72.2 Å². The number of anilines is 1. The van der Waals surface area contributed by atoms with E-state index in [1.165, 1.54) is 6.39 Å². The minimum Gasteiger partial charge on any atom is -0.457 e. The maximum atomic E-state index is 8.82. The number of hydrogen-bond donors (Lipinski definition) is 1. The molecule has 0 amide bonds. The van der Waals surface area contributed by atoms with Gasteiger partial charge in [0.25, 0.3) is 5.88 Å². The molecule has 0 unspecified atom stereocenters. The van der Waals surface area contributed by atoms with Crippen molar-refractivity contribution in [3.8, 4) is 17.6 Å². The Morgan fingerprint density at radius 3 is 2.78 bits per heavy atom. The molecule has 0 saturated carbocycles. The normalized spacial score (nSPS) is 10.4. The number of benzene rings is 2. The Labute approximate surface area is 132 Å². The topological polar surface area (TPSA) is 83.4 Å². The van der Waals surface area contributed by atoms with Gasteiger partial charge in [0.1, 0.15) is 17.6 Å². The molecule has 3 rings (SSSR count). The third-order valence-electron chi connectivity index (χ3n) is 2.89. The predicted molar refractivity (Wildman–Crippen MR) is 85.4 cm³/mol. The summed E-state index contributed by atoms with van der Waals surface area (Å²) in [5.74, 6) is 1.68. The van der Waals surface area contributed by atoms with Crippen molar-refractivity contribution in [2.45, 2.75) is 0 Å². The van der Waals surface area contributed by atoms with E-state index in [0.29, 0.717) is 5.75 Å². The molecule has 2 aromatic carbocycles. The van der Waals surface area contributed by atoms with Crippen LogP contribution in [0.3, 0.4) is 0 Å². The SMILES string of the molecule is N#Cc1ncoc1N/N=C\c1cccc(Oc2ccccc2)c1. The van der Waals surface area contributed by atoms with Gasteiger partial charge in [-0.3, -0.25) is 0 Å². The number of rotatable bonds is 5. The number of nitrogens with zero attached hydrogens (tertiary/aromatic N) is 3. The maximum Gasteiger partial charge on any atom is 0.251 e. The lowest BCUT2D eigenvalue weighted by atomic mass is 10.2. The summed E-state index contributed by atoms with van der Waals surface area (Å²) in [5, 5.41) is 12.8. The molecule has 1 N–H and O–H groups in total. The molecule has 0 saturated heterocycles. The molecule has 23 heavy (non-hydrogen) atoms. The minimum absolute atomic E-state index is 0.156. The highest BCUT2D eigenvalue weighted by molar-refractivity contribution is 5.80. The fourth-order valence-electron chi connectivity index (χ4n) is 1.85. The standard InChI is InChI=1S/C17H12N4O2/c18-10-16-17(22-12-19-16)21-20-11-13-5-4-8-15(9-13)23-14-6-2-1-3-7-14/h1-9,11-12,21H/b20-11-. The fraction of sp³-hybridized carbons (Fsp3) is 0. The molecular formula is C17H12N4O2. The van der Waals surface area contributed by atoms with Crippen LogP contribution in [-0.4, -0.2) is 11.2 Å². The summed E-state index contributed by atoms with van der Waals surface area (Å²) in [6.07, 6.45) is 2.78. The van der Waals surface area contributed by atoms with Gasteiger partial charge in [-0.15, -0.1) is 0 Å². The largest absolute Gasteiger partial charge is 0.457 e. The lowest BCUT2D eigenvalue weighted by molar-refractivity contribution is 0.482. The highest BCUT2D eigenvalue weighted by atomic mass is 16.5. The predicted octanol–water partition coefficient (Wildman–Crippen LogP) is 3.78. The summed E-state index contributed by atoms with van der Waals surface area (Å²) in [5.41, 5.74) is 3.63. The zero-order valence-electron chi connectivity index (χ0n) is 12.0. The van der Waals surface area contributed by atoms with Crippen LogP contribution in [0.25, 0.3) is 0 Å². The van der Waals surface area contributed by atoms with Gasteiger partial charge in [0, 0.05) is 0 Å². The molecule has 0 bridgehead atoms. The second-order valence-corrected chi connectivity index (χ2v) is 4.50. The molecule has 0 fully saturated rings. The molecule has 6 nitrogen and oxygen atoms in total. The Morgan fingerprint density at radius 1 is 1.13 bits per heavy atom. The van der Waals surface area contributed by atoms with Gasteiger partial charge in [0.05, 0.1) is 6.21 Å². The van der Waals surface area contributed by atoms with E-state index in [9.17, 15) is 0 Å². The van der Waals surface area contributed by atoms with E-state index in [0.717, 1.165) is 11.3 Å². The highest BCUT2D eigenvalue weighted by Crippen LogP contribution is 2.21. The number of para-hydroxylation sites is 1. The van der Waals surface area contributed by atoms with Crippen molar-refractivity contribution in [2.24, 2.45) is 5.10 Å². The van der Waals surface area contributed by atoms with Crippen LogP contribution in [0.5, 0.6) is 11.5 Å². The van der Waals surface area contributed by atoms with Gasteiger partial charge in [-0.25, -0.2) is 10.4 Å². The second kappa shape index (κ2) is 6.91. The number of hydrogen-bond acceptors (Lipinski definition) is 6. The first-order valence-electron chi connectivity index (χ1n) is 6.81. The Bertz CT molecular complexity index is 850. The minimum atomic E-state index is 0.156. The molecule has 0 radical (unpaired) electrons. The van der Waals surface area contributed by atoms with E-state index in [2.05, 4.69) is 15.5 Å². The number of ether oxygens (including phenoxy) is 1. The van der Waals surface area contributed by atoms with Gasteiger partial charge >= 0.3 is 0 Å². The Hall–Kier alpha value is -3.59. The monoisotopic (exact) mass is 304 g/mol. The van der Waals surface area contributed by atoms with Gasteiger partial charge in [0.15, 0.2) is 6.39 Å². The number of hydrazone groups is 1. The van der Waals surface area contributed by atoms with E-state index in [-0.39, 0.29) is 11.6 Å². The van der Waals surface area contributed by atoms with E-state index in [1.807, 2.05) is 60.7 Å². The number of oxazole rings is 1. The molecule has 112 valence electrons. The average Bonchev–Trinajstić information content (AvgIpc) is 3.04. The van der Waals surface area contributed by atoms with Gasteiger partial charge in [-0.1, -0.05) is 30.3 Å². The van der Waals surface area contributed by atoms with E-state index in [1.54, 1.807) is 6.21 Å². The van der Waals surface area contributed by atoms with Gasteiger partial charge in [-0.05, 0) is 29.8 Å². The first kappa shape index (κ1) is 14.4. The Kier molecular flexibility index (Phi) is 4.31. The molecule has 0 spiro atoms. The quantitative estimate of drug-likeness (QED) is 0.573. The van der Waals surface area contributed by atoms with Crippen LogP contribution >= 0.6 is 0 Å². The van der Waals surface area contributed by atoms with E-state index < -0.39 is 0 Å². The van der Waals surface area contributed by atoms with Crippen LogP contribution in [-0.2, 0) is 0 Å². The second-order valence-electron chi connectivity index (χ2n) is 4.50. The molecule has 0 aliphatic carbocycles. The molecule has 1 aromatic heterocycles. The summed E-state index contributed by atoms with van der Waals surface area (Å²) in [6.45, 7) is 0. The van der Waals surface area contributed by atoms with E-state index in [4.69, 9.17) is 14.4 Å². The van der Waals surface area contributed by atoms with Crippen molar-refractivity contribution in [2.75, 3.05) is 5.43 Å². The van der Waals surface area contributed by atoms with Crippen molar-refractivity contribution >= 4 is 12.1 Å². The summed E-state index contributed by atoms with van der Waals surface area (Å²) in [4.78, 5) is 3.74. The Balaban J connectivity index is 1.68. The lowest BCUT2D eigenvalue weighted by Gasteiger charge is -2.05. The molecule has 0 atom stereocenters. The fourth-order valence-corrected chi connectivity index (χ4v) is 1.85. The Morgan fingerprint density at radius 2 is 1.96 bits per heavy atom. The number of nitrogens with one attached hydrogen (secondary N) is 1. The average molecular weight is 304 g/mol. The van der Waals surface area contributed by atoms with Crippen molar-refractivity contribution < 1.29 is 9.15 Å². The first-order valence-corrected chi connectivity index (χ1v) is 6.81. The maximum absolute atomic E-state index is 8.82. The third kappa shape index (κ3) is 3.74. The molecule has 3 aromatic rings. The van der Waals surface area contributed by atoms with Crippen molar-refractivity contribution in [1.82, 2.24) is 4.98 Å². The van der Waals surface area contributed by atoms with Crippen LogP contribution in [0.4, 0.5) is 5.88 Å². The summed E-state index contributed by atoms with van der Waals surface area (Å²) in [6, 6.07) is 18.9. The molecule has 1 heterocycles.